The molecule has 0 saturated heterocycles. The van der Waals surface area contributed by atoms with Crippen LogP contribution in [0.25, 0.3) is 0 Å². The fourth-order valence-corrected chi connectivity index (χ4v) is 2.65. The number of nitrogens with zero attached hydrogens (tertiary/aromatic N) is 2. The molecule has 1 heterocycles. The van der Waals surface area contributed by atoms with Gasteiger partial charge in [0.25, 0.3) is 0 Å². The molecular formula is C16H27N3O2S. The van der Waals surface area contributed by atoms with Crippen LogP contribution < -0.4 is 5.32 Å². The van der Waals surface area contributed by atoms with Gasteiger partial charge in [-0.2, -0.15) is 0 Å². The van der Waals surface area contributed by atoms with Gasteiger partial charge in [0.05, 0.1) is 6.61 Å². The molecule has 1 aromatic heterocycles. The van der Waals surface area contributed by atoms with Gasteiger partial charge in [-0.05, 0) is 38.1 Å². The van der Waals surface area contributed by atoms with Gasteiger partial charge in [-0.15, -0.1) is 11.3 Å². The van der Waals surface area contributed by atoms with E-state index in [4.69, 9.17) is 4.74 Å². The third-order valence-electron chi connectivity index (χ3n) is 3.08. The molecule has 0 aromatic carbocycles. The number of rotatable bonds is 9. The van der Waals surface area contributed by atoms with Crippen molar-refractivity contribution in [3.63, 3.8) is 0 Å². The van der Waals surface area contributed by atoms with Crippen molar-refractivity contribution in [3.8, 4) is 0 Å². The van der Waals surface area contributed by atoms with Gasteiger partial charge < -0.3 is 15.0 Å². The van der Waals surface area contributed by atoms with Crippen molar-refractivity contribution in [1.82, 2.24) is 10.2 Å². The predicted molar refractivity (Wildman–Crippen MR) is 92.5 cm³/mol. The maximum atomic E-state index is 11.3. The highest BCUT2D eigenvalue weighted by molar-refractivity contribution is 7.09. The molecule has 22 heavy (non-hydrogen) atoms. The van der Waals surface area contributed by atoms with Gasteiger partial charge in [0.15, 0.2) is 5.96 Å². The number of carbonyl (C=O) groups is 1. The van der Waals surface area contributed by atoms with E-state index in [2.05, 4.69) is 39.6 Å². The van der Waals surface area contributed by atoms with E-state index < -0.39 is 0 Å². The van der Waals surface area contributed by atoms with Crippen LogP contribution in [0, 0.1) is 0 Å². The Hall–Kier alpha value is -1.56. The zero-order valence-corrected chi connectivity index (χ0v) is 14.6. The SMILES string of the molecule is CCNC(=NCCCC(=O)OCC)N(C)CCc1cccs1. The molecule has 0 aliphatic heterocycles. The number of likely N-dealkylation sites (N-methyl/N-ethyl adjacent to an activating group) is 1. The molecule has 0 fully saturated rings. The van der Waals surface area contributed by atoms with Crippen molar-refractivity contribution in [2.45, 2.75) is 33.1 Å². The molecule has 1 N–H and O–H groups in total. The molecule has 0 radical (unpaired) electrons. The van der Waals surface area contributed by atoms with Gasteiger partial charge in [-0.1, -0.05) is 6.07 Å². The number of esters is 1. The van der Waals surface area contributed by atoms with Gasteiger partial charge in [0.2, 0.25) is 0 Å². The van der Waals surface area contributed by atoms with Gasteiger partial charge in [-0.3, -0.25) is 9.79 Å². The molecule has 6 heteroatoms. The lowest BCUT2D eigenvalue weighted by Gasteiger charge is -2.21. The van der Waals surface area contributed by atoms with Crippen molar-refractivity contribution in [3.05, 3.63) is 22.4 Å². The minimum Gasteiger partial charge on any atom is -0.466 e. The lowest BCUT2D eigenvalue weighted by molar-refractivity contribution is -0.143. The fourth-order valence-electron chi connectivity index (χ4n) is 1.95. The summed E-state index contributed by atoms with van der Waals surface area (Å²) in [5.74, 6) is 0.747. The Labute approximate surface area is 137 Å². The molecular weight excluding hydrogens is 298 g/mol. The third-order valence-corrected chi connectivity index (χ3v) is 4.01. The highest BCUT2D eigenvalue weighted by Crippen LogP contribution is 2.09. The number of ether oxygens (including phenoxy) is 1. The summed E-state index contributed by atoms with van der Waals surface area (Å²) in [6, 6.07) is 4.23. The maximum absolute atomic E-state index is 11.3. The van der Waals surface area contributed by atoms with Crippen LogP contribution in [0.2, 0.25) is 0 Å². The summed E-state index contributed by atoms with van der Waals surface area (Å²) < 4.78 is 4.91. The van der Waals surface area contributed by atoms with Gasteiger partial charge in [0, 0.05) is 38.0 Å². The van der Waals surface area contributed by atoms with Crippen LogP contribution in [-0.4, -0.2) is 50.1 Å². The van der Waals surface area contributed by atoms with E-state index in [1.165, 1.54) is 4.88 Å². The van der Waals surface area contributed by atoms with Gasteiger partial charge in [-0.25, -0.2) is 0 Å². The molecule has 0 atom stereocenters. The molecule has 1 aromatic rings. The zero-order valence-electron chi connectivity index (χ0n) is 13.8. The van der Waals surface area contributed by atoms with Crippen molar-refractivity contribution in [2.75, 3.05) is 33.3 Å². The minimum atomic E-state index is -0.145. The Morgan fingerprint density at radius 3 is 2.91 bits per heavy atom. The number of carbonyl (C=O) groups excluding carboxylic acids is 1. The van der Waals surface area contributed by atoms with E-state index in [0.29, 0.717) is 26.0 Å². The summed E-state index contributed by atoms with van der Waals surface area (Å²) in [4.78, 5) is 19.4. The largest absolute Gasteiger partial charge is 0.466 e. The smallest absolute Gasteiger partial charge is 0.305 e. The first kappa shape index (κ1) is 18.5. The van der Waals surface area contributed by atoms with Crippen LogP contribution >= 0.6 is 11.3 Å². The summed E-state index contributed by atoms with van der Waals surface area (Å²) in [6.45, 7) is 6.70. The van der Waals surface area contributed by atoms with Gasteiger partial charge >= 0.3 is 5.97 Å². The second kappa shape index (κ2) is 11.1. The lowest BCUT2D eigenvalue weighted by atomic mass is 10.3. The fraction of sp³-hybridized carbons (Fsp3) is 0.625. The Kier molecular flexibility index (Phi) is 9.30. The number of thiophene rings is 1. The number of nitrogens with one attached hydrogen (secondary N) is 1. The van der Waals surface area contributed by atoms with E-state index in [0.717, 1.165) is 25.5 Å². The second-order valence-electron chi connectivity index (χ2n) is 4.90. The Balaban J connectivity index is 2.37. The van der Waals surface area contributed by atoms with Crippen LogP contribution in [0.4, 0.5) is 0 Å². The highest BCUT2D eigenvalue weighted by atomic mass is 32.1. The van der Waals surface area contributed by atoms with Crippen LogP contribution in [0.3, 0.4) is 0 Å². The van der Waals surface area contributed by atoms with Crippen LogP contribution in [0.1, 0.15) is 31.6 Å². The molecule has 0 spiro atoms. The number of hydrogen-bond acceptors (Lipinski definition) is 4. The van der Waals surface area contributed by atoms with Gasteiger partial charge in [0.1, 0.15) is 0 Å². The van der Waals surface area contributed by atoms with E-state index in [1.54, 1.807) is 11.3 Å². The summed E-state index contributed by atoms with van der Waals surface area (Å²) >= 11 is 1.78. The Bertz CT molecular complexity index is 446. The highest BCUT2D eigenvalue weighted by Gasteiger charge is 2.06. The Morgan fingerprint density at radius 1 is 1.45 bits per heavy atom. The second-order valence-corrected chi connectivity index (χ2v) is 5.93. The molecule has 0 saturated carbocycles. The average molecular weight is 325 g/mol. The summed E-state index contributed by atoms with van der Waals surface area (Å²) in [6.07, 6.45) is 2.16. The topological polar surface area (TPSA) is 53.9 Å². The van der Waals surface area contributed by atoms with Crippen LogP contribution in [0.5, 0.6) is 0 Å². The standard InChI is InChI=1S/C16H27N3O2S/c1-4-17-16(18-11-6-9-15(20)21-5-2)19(3)12-10-14-8-7-13-22-14/h7-8,13H,4-6,9-12H2,1-3H3,(H,17,18). The molecule has 1 rings (SSSR count). The molecule has 0 aliphatic rings. The number of hydrogen-bond donors (Lipinski definition) is 1. The van der Waals surface area contributed by atoms with E-state index in [9.17, 15) is 4.79 Å². The number of guanidine groups is 1. The first-order valence-electron chi connectivity index (χ1n) is 7.84. The summed E-state index contributed by atoms with van der Waals surface area (Å²) in [7, 11) is 2.04. The zero-order chi connectivity index (χ0) is 16.2. The quantitative estimate of drug-likeness (QED) is 0.328. The Morgan fingerprint density at radius 2 is 2.27 bits per heavy atom. The molecule has 0 unspecified atom stereocenters. The predicted octanol–water partition coefficient (Wildman–Crippen LogP) is 2.53. The molecule has 5 nitrogen and oxygen atoms in total. The van der Waals surface area contributed by atoms with Crippen LogP contribution in [0.15, 0.2) is 22.5 Å². The first-order valence-corrected chi connectivity index (χ1v) is 8.72. The monoisotopic (exact) mass is 325 g/mol. The summed E-state index contributed by atoms with van der Waals surface area (Å²) in [5.41, 5.74) is 0. The summed E-state index contributed by atoms with van der Waals surface area (Å²) in [5, 5.41) is 5.39. The maximum Gasteiger partial charge on any atom is 0.305 e. The van der Waals surface area contributed by atoms with E-state index >= 15 is 0 Å². The lowest BCUT2D eigenvalue weighted by Crippen LogP contribution is -2.40. The van der Waals surface area contributed by atoms with Crippen molar-refractivity contribution >= 4 is 23.3 Å². The van der Waals surface area contributed by atoms with Crippen molar-refractivity contribution in [1.29, 1.82) is 0 Å². The third kappa shape index (κ3) is 7.45. The van der Waals surface area contributed by atoms with E-state index in [-0.39, 0.29) is 5.97 Å². The van der Waals surface area contributed by atoms with Crippen LogP contribution in [-0.2, 0) is 16.0 Å². The molecule has 0 amide bonds. The normalized spacial score (nSPS) is 11.3. The minimum absolute atomic E-state index is 0.145. The molecule has 0 aliphatic carbocycles. The number of aliphatic imine (C=N–C) groups is 1. The molecule has 0 bridgehead atoms. The average Bonchev–Trinajstić information content (AvgIpc) is 3.01. The van der Waals surface area contributed by atoms with E-state index in [1.807, 2.05) is 14.0 Å². The van der Waals surface area contributed by atoms with Crippen molar-refractivity contribution < 1.29 is 9.53 Å². The first-order chi connectivity index (χ1) is 10.7. The van der Waals surface area contributed by atoms with Crippen molar-refractivity contribution in [2.24, 2.45) is 4.99 Å². The molecule has 124 valence electrons.